The van der Waals surface area contributed by atoms with Gasteiger partial charge in [0.05, 0.1) is 26.4 Å². The molecule has 0 aromatic heterocycles. The van der Waals surface area contributed by atoms with Crippen LogP contribution >= 0.6 is 0 Å². The Hall–Kier alpha value is -0.200. The summed E-state index contributed by atoms with van der Waals surface area (Å²) in [4.78, 5) is 0. The van der Waals surface area contributed by atoms with E-state index in [0.717, 1.165) is 76.5 Å². The Morgan fingerprint density at radius 2 is 0.489 bits per heavy atom. The average molecular weight is 635 g/mol. The van der Waals surface area contributed by atoms with E-state index in [1.807, 2.05) is 0 Å². The van der Waals surface area contributed by atoms with E-state index in [-0.39, 0.29) is 5.48 Å². The highest BCUT2D eigenvalue weighted by molar-refractivity contribution is 4.93. The molecule has 0 aromatic carbocycles. The first-order valence-electron chi connectivity index (χ1n) is 19.6. The van der Waals surface area contributed by atoms with E-state index in [4.69, 9.17) is 18.9 Å². The Balaban J connectivity index is 0.000000136. The SMILES string of the molecule is CC1COCC12CCCCC2.CC1COCC12CCCCC2.CC1COCC12CCCCC2.CC1COCC12CCCCC2.O. The lowest BCUT2D eigenvalue weighted by atomic mass is 9.68. The van der Waals surface area contributed by atoms with E-state index in [9.17, 15) is 0 Å². The molecule has 264 valence electrons. The highest BCUT2D eigenvalue weighted by Crippen LogP contribution is 2.48. The predicted molar refractivity (Wildman–Crippen MR) is 186 cm³/mol. The van der Waals surface area contributed by atoms with E-state index in [0.29, 0.717) is 21.7 Å². The lowest BCUT2D eigenvalue weighted by molar-refractivity contribution is 0.114. The molecule has 45 heavy (non-hydrogen) atoms. The number of rotatable bonds is 0. The van der Waals surface area contributed by atoms with Crippen LogP contribution in [0.1, 0.15) is 156 Å². The second-order valence-corrected chi connectivity index (χ2v) is 17.4. The maximum Gasteiger partial charge on any atom is 0.0525 e. The van der Waals surface area contributed by atoms with Gasteiger partial charge in [-0.05, 0) is 96.7 Å². The first kappa shape index (κ1) is 37.6. The summed E-state index contributed by atoms with van der Waals surface area (Å²) >= 11 is 0. The van der Waals surface area contributed by atoms with Gasteiger partial charge in [0.25, 0.3) is 0 Å². The summed E-state index contributed by atoms with van der Waals surface area (Å²) in [7, 11) is 0. The number of hydrogen-bond acceptors (Lipinski definition) is 4. The Morgan fingerprint density at radius 1 is 0.311 bits per heavy atom. The molecule has 2 N–H and O–H groups in total. The van der Waals surface area contributed by atoms with Crippen molar-refractivity contribution in [2.75, 3.05) is 52.9 Å². The third-order valence-corrected chi connectivity index (χ3v) is 14.6. The van der Waals surface area contributed by atoms with E-state index in [1.54, 1.807) is 0 Å². The van der Waals surface area contributed by atoms with Crippen molar-refractivity contribution in [3.63, 3.8) is 0 Å². The highest BCUT2D eigenvalue weighted by Gasteiger charge is 2.44. The molecule has 8 rings (SSSR count). The summed E-state index contributed by atoms with van der Waals surface area (Å²) in [6, 6.07) is 0. The Kier molecular flexibility index (Phi) is 14.6. The number of ether oxygens (including phenoxy) is 4. The summed E-state index contributed by atoms with van der Waals surface area (Å²) in [5.74, 6) is 3.29. The smallest absolute Gasteiger partial charge is 0.0525 e. The van der Waals surface area contributed by atoms with Gasteiger partial charge in [0.1, 0.15) is 0 Å². The predicted octanol–water partition coefficient (Wildman–Crippen LogP) is 9.59. The highest BCUT2D eigenvalue weighted by atomic mass is 16.5. The maximum atomic E-state index is 5.55. The zero-order valence-electron chi connectivity index (χ0n) is 30.2. The summed E-state index contributed by atoms with van der Waals surface area (Å²) in [6.45, 7) is 17.7. The Morgan fingerprint density at radius 3 is 0.622 bits per heavy atom. The Labute approximate surface area is 278 Å². The molecule has 4 saturated heterocycles. The quantitative estimate of drug-likeness (QED) is 0.266. The largest absolute Gasteiger partial charge is 0.412 e. The normalized spacial score (nSPS) is 35.5. The first-order chi connectivity index (χ1) is 21.3. The van der Waals surface area contributed by atoms with Gasteiger partial charge in [0.15, 0.2) is 0 Å². The fourth-order valence-electron chi connectivity index (χ4n) is 10.6. The molecule has 5 nitrogen and oxygen atoms in total. The second kappa shape index (κ2) is 17.5. The molecule has 4 atom stereocenters. The molecule has 0 amide bonds. The van der Waals surface area contributed by atoms with Gasteiger partial charge >= 0.3 is 0 Å². The average Bonchev–Trinajstić information content (AvgIpc) is 3.80. The van der Waals surface area contributed by atoms with Crippen molar-refractivity contribution >= 4 is 0 Å². The van der Waals surface area contributed by atoms with Crippen LogP contribution in [-0.4, -0.2) is 58.3 Å². The minimum atomic E-state index is 0. The summed E-state index contributed by atoms with van der Waals surface area (Å²) in [5, 5.41) is 0. The zero-order chi connectivity index (χ0) is 30.9. The molecule has 8 aliphatic rings. The lowest BCUT2D eigenvalue weighted by Gasteiger charge is -2.35. The molecule has 4 unspecified atom stereocenters. The van der Waals surface area contributed by atoms with Crippen molar-refractivity contribution in [1.29, 1.82) is 0 Å². The van der Waals surface area contributed by atoms with E-state index in [2.05, 4.69) is 27.7 Å². The zero-order valence-corrected chi connectivity index (χ0v) is 30.2. The fourth-order valence-corrected chi connectivity index (χ4v) is 10.6. The molecule has 0 bridgehead atoms. The molecule has 4 saturated carbocycles. The van der Waals surface area contributed by atoms with Gasteiger partial charge in [0, 0.05) is 26.4 Å². The van der Waals surface area contributed by atoms with Crippen LogP contribution in [0.15, 0.2) is 0 Å². The van der Waals surface area contributed by atoms with Crippen LogP contribution in [0.5, 0.6) is 0 Å². The van der Waals surface area contributed by atoms with Crippen LogP contribution < -0.4 is 0 Å². The van der Waals surface area contributed by atoms with E-state index in [1.165, 1.54) is 128 Å². The minimum Gasteiger partial charge on any atom is -0.412 e. The van der Waals surface area contributed by atoms with Crippen molar-refractivity contribution in [3.8, 4) is 0 Å². The minimum absolute atomic E-state index is 0. The lowest BCUT2D eigenvalue weighted by Crippen LogP contribution is -2.30. The van der Waals surface area contributed by atoms with E-state index >= 15 is 0 Å². The van der Waals surface area contributed by atoms with E-state index < -0.39 is 0 Å². The van der Waals surface area contributed by atoms with Gasteiger partial charge in [-0.2, -0.15) is 0 Å². The summed E-state index contributed by atoms with van der Waals surface area (Å²) in [6.07, 6.45) is 28.7. The molecule has 8 fully saturated rings. The molecule has 5 heteroatoms. The monoisotopic (exact) mass is 635 g/mol. The molecule has 4 aliphatic carbocycles. The molecule has 4 aliphatic heterocycles. The van der Waals surface area contributed by atoms with Crippen molar-refractivity contribution < 1.29 is 24.4 Å². The van der Waals surface area contributed by atoms with Gasteiger partial charge in [-0.1, -0.05) is 105 Å². The van der Waals surface area contributed by atoms with Crippen LogP contribution in [0.2, 0.25) is 0 Å². The van der Waals surface area contributed by atoms with Crippen LogP contribution in [0, 0.1) is 45.3 Å². The molecular weight excluding hydrogens is 560 g/mol. The third-order valence-electron chi connectivity index (χ3n) is 14.6. The van der Waals surface area contributed by atoms with Gasteiger partial charge in [-0.3, -0.25) is 0 Å². The van der Waals surface area contributed by atoms with Crippen LogP contribution in [0.3, 0.4) is 0 Å². The topological polar surface area (TPSA) is 68.4 Å². The molecule has 0 aromatic rings. The summed E-state index contributed by atoms with van der Waals surface area (Å²) in [5.41, 5.74) is 2.44. The van der Waals surface area contributed by atoms with Gasteiger partial charge in [-0.25, -0.2) is 0 Å². The van der Waals surface area contributed by atoms with Crippen molar-refractivity contribution in [3.05, 3.63) is 0 Å². The molecule has 0 radical (unpaired) electrons. The van der Waals surface area contributed by atoms with Crippen molar-refractivity contribution in [1.82, 2.24) is 0 Å². The van der Waals surface area contributed by atoms with Crippen LogP contribution in [-0.2, 0) is 18.9 Å². The van der Waals surface area contributed by atoms with Crippen LogP contribution in [0.25, 0.3) is 0 Å². The van der Waals surface area contributed by atoms with Gasteiger partial charge in [0.2, 0.25) is 0 Å². The van der Waals surface area contributed by atoms with Crippen molar-refractivity contribution in [2.24, 2.45) is 45.3 Å². The standard InChI is InChI=1S/4C10H18O.H2O/c4*1-9-7-11-8-10(9)5-3-2-4-6-10;/h4*9H,2-8H2,1H3;1H2. The number of hydrogen-bond donors (Lipinski definition) is 0. The fraction of sp³-hybridized carbons (Fsp3) is 1.00. The maximum absolute atomic E-state index is 5.55. The second-order valence-electron chi connectivity index (χ2n) is 17.4. The molecule has 4 spiro atoms. The molecule has 4 heterocycles. The van der Waals surface area contributed by atoms with Crippen molar-refractivity contribution in [2.45, 2.75) is 156 Å². The van der Waals surface area contributed by atoms with Crippen LogP contribution in [0.4, 0.5) is 0 Å². The summed E-state index contributed by atoms with van der Waals surface area (Å²) < 4.78 is 22.2. The Bertz CT molecular complexity index is 683. The first-order valence-corrected chi connectivity index (χ1v) is 19.6. The van der Waals surface area contributed by atoms with Gasteiger partial charge < -0.3 is 24.4 Å². The molecular formula is C40H74O5. The van der Waals surface area contributed by atoms with Gasteiger partial charge in [-0.15, -0.1) is 0 Å². The third kappa shape index (κ3) is 9.08.